The van der Waals surface area contributed by atoms with Crippen LogP contribution in [0.25, 0.3) is 0 Å². The van der Waals surface area contributed by atoms with Crippen LogP contribution in [0.5, 0.6) is 0 Å². The zero-order chi connectivity index (χ0) is 50.8. The molecule has 9 fully saturated rings. The van der Waals surface area contributed by atoms with E-state index in [1.807, 2.05) is 0 Å². The van der Waals surface area contributed by atoms with E-state index < -0.39 is 141 Å². The van der Waals surface area contributed by atoms with E-state index in [9.17, 15) is 51.1 Å². The Hall–Kier alpha value is -1.06. The molecule has 3 saturated carbocycles. The topological polar surface area (TPSA) is 295 Å². The number of allylic oxidation sites excluding steroid dienone is 1. The molecule has 8 unspecified atom stereocenters. The zero-order valence-electron chi connectivity index (χ0n) is 42.1. The molecule has 20 nitrogen and oxygen atoms in total. The molecule has 0 amide bonds. The fourth-order valence-electron chi connectivity index (χ4n) is 15.4. The van der Waals surface area contributed by atoms with Crippen LogP contribution in [-0.2, 0) is 47.4 Å². The third kappa shape index (κ3) is 9.03. The molecule has 31 atom stereocenters. The van der Waals surface area contributed by atoms with E-state index in [0.29, 0.717) is 48.3 Å². The summed E-state index contributed by atoms with van der Waals surface area (Å²) >= 11 is 0. The van der Waals surface area contributed by atoms with Crippen molar-refractivity contribution < 1.29 is 98.4 Å². The average molecular weight is 1020 g/mol. The number of aliphatic hydroxyl groups excluding tert-OH is 10. The van der Waals surface area contributed by atoms with Crippen LogP contribution >= 0.6 is 0 Å². The number of fused-ring (bicyclic) bond motifs is 7. The van der Waals surface area contributed by atoms with Gasteiger partial charge < -0.3 is 98.4 Å². The highest BCUT2D eigenvalue weighted by Gasteiger charge is 2.69. The quantitative estimate of drug-likeness (QED) is 0.137. The van der Waals surface area contributed by atoms with Crippen molar-refractivity contribution in [3.8, 4) is 0 Å². The van der Waals surface area contributed by atoms with Gasteiger partial charge in [0.2, 0.25) is 0 Å². The molecular weight excluding hydrogens is 933 g/mol. The molecule has 1 spiro atoms. The van der Waals surface area contributed by atoms with Crippen molar-refractivity contribution in [2.24, 2.45) is 46.3 Å². The highest BCUT2D eigenvalue weighted by molar-refractivity contribution is 5.26. The smallest absolute Gasteiger partial charge is 0.187 e. The molecule has 0 aromatic carbocycles. The predicted molar refractivity (Wildman–Crippen MR) is 244 cm³/mol. The lowest BCUT2D eigenvalue weighted by atomic mass is 9.47. The Kier molecular flexibility index (Phi) is 15.1. The first-order valence-corrected chi connectivity index (χ1v) is 26.6. The number of rotatable bonds is 9. The summed E-state index contributed by atoms with van der Waals surface area (Å²) < 4.78 is 62.2. The summed E-state index contributed by atoms with van der Waals surface area (Å²) in [6.45, 7) is 14.1. The van der Waals surface area contributed by atoms with Gasteiger partial charge in [0.05, 0.1) is 43.7 Å². The third-order valence-corrected chi connectivity index (χ3v) is 19.7. The summed E-state index contributed by atoms with van der Waals surface area (Å²) in [6.07, 6.45) is -19.0. The fourth-order valence-corrected chi connectivity index (χ4v) is 15.4. The SMILES string of the molecule is CC1CCC2(OC1)OC1CC3C4CC=C5C[C@@H](O[C@@H]6O[C@H](CO)[C@@H](O[C@@H]7O[C@@H](C)[C@H](O[C@@H]8O[C@@H](C)[C@H](O)[C@@H](O)[C@H]8O)[C@@H](O)[C@H]7O)[C@H](O)[C@H]6O[C@@H]6O[C@@H](C)[C@H](O)[C@@H](O)[C@H]6O)CC[C@]5(C)C4CC[C@]3(C)C1C2C. The minimum absolute atomic E-state index is 0.0569. The molecule has 0 aromatic heterocycles. The van der Waals surface area contributed by atoms with Crippen LogP contribution in [0, 0.1) is 46.3 Å². The molecule has 71 heavy (non-hydrogen) atoms. The highest BCUT2D eigenvalue weighted by atomic mass is 16.8. The van der Waals surface area contributed by atoms with Gasteiger partial charge in [0.1, 0.15) is 79.4 Å². The predicted octanol–water partition coefficient (Wildman–Crippen LogP) is 0.0935. The molecule has 20 heteroatoms. The lowest BCUT2D eigenvalue weighted by Crippen LogP contribution is -2.67. The molecule has 6 heterocycles. The number of ether oxygens (including phenoxy) is 10. The summed E-state index contributed by atoms with van der Waals surface area (Å²) in [5.41, 5.74) is 1.44. The highest BCUT2D eigenvalue weighted by Crippen LogP contribution is 2.71. The molecule has 4 aliphatic carbocycles. The van der Waals surface area contributed by atoms with E-state index in [1.54, 1.807) is 0 Å². The molecule has 10 rings (SSSR count). The van der Waals surface area contributed by atoms with Crippen LogP contribution in [0.3, 0.4) is 0 Å². The van der Waals surface area contributed by atoms with Gasteiger partial charge in [-0.1, -0.05) is 39.3 Å². The molecule has 406 valence electrons. The molecular formula is C51H82O20. The van der Waals surface area contributed by atoms with Crippen molar-refractivity contribution in [2.75, 3.05) is 13.2 Å². The van der Waals surface area contributed by atoms with Crippen molar-refractivity contribution in [3.05, 3.63) is 11.6 Å². The molecule has 10 aliphatic rings. The monoisotopic (exact) mass is 1010 g/mol. The average Bonchev–Trinajstić information content (AvgIpc) is 3.79. The van der Waals surface area contributed by atoms with Gasteiger partial charge in [-0.25, -0.2) is 0 Å². The van der Waals surface area contributed by atoms with Crippen LogP contribution in [0.1, 0.15) is 106 Å². The summed E-state index contributed by atoms with van der Waals surface area (Å²) in [5.74, 6) is 2.46. The summed E-state index contributed by atoms with van der Waals surface area (Å²) in [4.78, 5) is 0. The number of hydrogen-bond donors (Lipinski definition) is 10. The summed E-state index contributed by atoms with van der Waals surface area (Å²) in [5, 5.41) is 109. The van der Waals surface area contributed by atoms with Crippen LogP contribution in [-0.4, -0.2) is 205 Å². The normalized spacial score (nSPS) is 58.4. The van der Waals surface area contributed by atoms with Gasteiger partial charge >= 0.3 is 0 Å². The Morgan fingerprint density at radius 3 is 1.82 bits per heavy atom. The van der Waals surface area contributed by atoms with E-state index in [-0.39, 0.29) is 16.9 Å². The molecule has 10 N–H and O–H groups in total. The van der Waals surface area contributed by atoms with E-state index in [2.05, 4.69) is 33.8 Å². The second kappa shape index (κ2) is 20.1. The van der Waals surface area contributed by atoms with Crippen molar-refractivity contribution in [1.82, 2.24) is 0 Å². The van der Waals surface area contributed by atoms with Crippen molar-refractivity contribution in [3.63, 3.8) is 0 Å². The Balaban J connectivity index is 0.836. The second-order valence-corrected chi connectivity index (χ2v) is 23.8. The third-order valence-electron chi connectivity index (χ3n) is 19.7. The Bertz CT molecular complexity index is 1890. The fraction of sp³-hybridized carbons (Fsp3) is 0.961. The van der Waals surface area contributed by atoms with Crippen LogP contribution in [0.15, 0.2) is 11.6 Å². The zero-order valence-corrected chi connectivity index (χ0v) is 42.1. The summed E-state index contributed by atoms with van der Waals surface area (Å²) in [6, 6.07) is 0. The first kappa shape index (κ1) is 53.3. The summed E-state index contributed by atoms with van der Waals surface area (Å²) in [7, 11) is 0. The minimum Gasteiger partial charge on any atom is -0.394 e. The Morgan fingerprint density at radius 2 is 1.20 bits per heavy atom. The van der Waals surface area contributed by atoms with Gasteiger partial charge in [0.25, 0.3) is 0 Å². The first-order chi connectivity index (χ1) is 33.6. The van der Waals surface area contributed by atoms with E-state index >= 15 is 0 Å². The number of aliphatic hydroxyl groups is 10. The number of hydrogen-bond acceptors (Lipinski definition) is 20. The van der Waals surface area contributed by atoms with Gasteiger partial charge in [-0.15, -0.1) is 0 Å². The van der Waals surface area contributed by atoms with Gasteiger partial charge in [-0.05, 0) is 113 Å². The van der Waals surface area contributed by atoms with E-state index in [4.69, 9.17) is 47.4 Å². The lowest BCUT2D eigenvalue weighted by Gasteiger charge is -2.59. The van der Waals surface area contributed by atoms with Crippen LogP contribution in [0.4, 0.5) is 0 Å². The Labute approximate surface area is 415 Å². The largest absolute Gasteiger partial charge is 0.394 e. The van der Waals surface area contributed by atoms with Crippen molar-refractivity contribution >= 4 is 0 Å². The van der Waals surface area contributed by atoms with Gasteiger partial charge in [-0.3, -0.25) is 0 Å². The lowest BCUT2D eigenvalue weighted by molar-refractivity contribution is -0.394. The van der Waals surface area contributed by atoms with Crippen LogP contribution < -0.4 is 0 Å². The molecule has 6 aliphatic heterocycles. The molecule has 6 saturated heterocycles. The first-order valence-electron chi connectivity index (χ1n) is 26.6. The molecule has 0 aromatic rings. The van der Waals surface area contributed by atoms with Gasteiger partial charge in [0.15, 0.2) is 30.9 Å². The van der Waals surface area contributed by atoms with Gasteiger partial charge in [-0.2, -0.15) is 0 Å². The maximum absolute atomic E-state index is 12.2. The van der Waals surface area contributed by atoms with Crippen molar-refractivity contribution in [2.45, 2.75) is 247 Å². The van der Waals surface area contributed by atoms with E-state index in [1.165, 1.54) is 26.3 Å². The Morgan fingerprint density at radius 1 is 0.592 bits per heavy atom. The standard InChI is InChI=1S/C51H82O20/c1-20-10-15-51(62-19-20)21(2)32-30(71-51)17-29-27-9-8-25-16-26(11-13-49(25,6)28(27)12-14-50(29,32)7)66-48-44(70-46-39(59)36(56)34(54)23(4)64-46)41(61)43(31(18-52)67-48)69-47-40(60)37(57)42(24(5)65-47)68-45-38(58)35(55)33(53)22(3)63-45/h8,20-24,26-48,52-61H,9-19H2,1-7H3/t20?,21?,22-,23-,24-,26-,27?,28?,29?,30?,31+,32?,33-,34-,35+,36+,37-,38+,39+,40+,41-,42-,43+,44+,45-,46-,47-,48+,49-,50-,51?/m0/s1. The second-order valence-electron chi connectivity index (χ2n) is 23.8. The molecule has 0 radical (unpaired) electrons. The van der Waals surface area contributed by atoms with Crippen molar-refractivity contribution in [1.29, 1.82) is 0 Å². The van der Waals surface area contributed by atoms with E-state index in [0.717, 1.165) is 51.6 Å². The maximum Gasteiger partial charge on any atom is 0.187 e. The van der Waals surface area contributed by atoms with Gasteiger partial charge in [0, 0.05) is 12.3 Å². The minimum atomic E-state index is -1.85. The van der Waals surface area contributed by atoms with Crippen LogP contribution in [0.2, 0.25) is 0 Å². The maximum atomic E-state index is 12.2. The molecule has 0 bridgehead atoms.